The molecule has 1 aliphatic rings. The number of nitrogens with zero attached hydrogens (tertiary/aromatic N) is 5. The predicted molar refractivity (Wildman–Crippen MR) is 75.9 cm³/mol. The molecule has 1 fully saturated rings. The van der Waals surface area contributed by atoms with Gasteiger partial charge in [-0.05, 0) is 19.4 Å². The fourth-order valence-corrected chi connectivity index (χ4v) is 2.68. The van der Waals surface area contributed by atoms with Crippen LogP contribution in [0.2, 0.25) is 0 Å². The summed E-state index contributed by atoms with van der Waals surface area (Å²) in [5, 5.41) is 8.06. The Labute approximate surface area is 128 Å². The third-order valence-corrected chi connectivity index (χ3v) is 3.83. The largest absolute Gasteiger partial charge is 0.384 e. The first-order valence-electron chi connectivity index (χ1n) is 7.67. The maximum atomic E-state index is 5.31. The Morgan fingerprint density at radius 1 is 1.23 bits per heavy atom. The number of aromatic nitrogens is 4. The van der Waals surface area contributed by atoms with Gasteiger partial charge in [0, 0.05) is 20.0 Å². The average Bonchev–Trinajstić information content (AvgIpc) is 3.25. The first kappa shape index (κ1) is 15.1. The lowest BCUT2D eigenvalue weighted by molar-refractivity contribution is 0.197. The lowest BCUT2D eigenvalue weighted by Crippen LogP contribution is -2.23. The zero-order valence-corrected chi connectivity index (χ0v) is 13.0. The van der Waals surface area contributed by atoms with E-state index in [1.807, 2.05) is 6.92 Å². The van der Waals surface area contributed by atoms with Gasteiger partial charge in [0.15, 0.2) is 11.6 Å². The molecule has 0 N–H and O–H groups in total. The molecule has 0 aromatic carbocycles. The van der Waals surface area contributed by atoms with Crippen LogP contribution in [-0.4, -0.2) is 45.4 Å². The van der Waals surface area contributed by atoms with E-state index in [-0.39, 0.29) is 6.04 Å². The average molecular weight is 307 g/mol. The number of likely N-dealkylation sites (tertiary alicyclic amines) is 1. The van der Waals surface area contributed by atoms with Crippen molar-refractivity contribution in [1.29, 1.82) is 0 Å². The van der Waals surface area contributed by atoms with Crippen LogP contribution >= 0.6 is 0 Å². The lowest BCUT2D eigenvalue weighted by Gasteiger charge is -2.19. The maximum absolute atomic E-state index is 5.31. The van der Waals surface area contributed by atoms with E-state index in [9.17, 15) is 0 Å². The summed E-state index contributed by atoms with van der Waals surface area (Å²) < 4.78 is 15.5. The van der Waals surface area contributed by atoms with Crippen LogP contribution < -0.4 is 0 Å². The van der Waals surface area contributed by atoms with Crippen molar-refractivity contribution in [2.75, 3.05) is 20.3 Å². The van der Waals surface area contributed by atoms with E-state index in [4.69, 9.17) is 13.8 Å². The molecular weight excluding hydrogens is 286 g/mol. The van der Waals surface area contributed by atoms with Gasteiger partial charge in [-0.15, -0.1) is 0 Å². The number of aryl methyl sites for hydroxylation is 1. The summed E-state index contributed by atoms with van der Waals surface area (Å²) in [6.07, 6.45) is 3.54. The highest BCUT2D eigenvalue weighted by atomic mass is 16.5. The number of rotatable bonds is 7. The molecule has 0 aliphatic carbocycles. The Morgan fingerprint density at radius 3 is 2.86 bits per heavy atom. The molecule has 8 heteroatoms. The van der Waals surface area contributed by atoms with E-state index < -0.39 is 0 Å². The molecule has 0 saturated carbocycles. The summed E-state index contributed by atoms with van der Waals surface area (Å²) in [5.41, 5.74) is 0. The molecule has 0 amide bonds. The van der Waals surface area contributed by atoms with Gasteiger partial charge in [-0.3, -0.25) is 4.90 Å². The summed E-state index contributed by atoms with van der Waals surface area (Å²) >= 11 is 0. The molecule has 22 heavy (non-hydrogen) atoms. The van der Waals surface area contributed by atoms with Crippen LogP contribution in [0, 0.1) is 0 Å². The van der Waals surface area contributed by atoms with Gasteiger partial charge in [-0.1, -0.05) is 17.2 Å². The third-order valence-electron chi connectivity index (χ3n) is 3.83. The fourth-order valence-electron chi connectivity index (χ4n) is 2.68. The van der Waals surface area contributed by atoms with Gasteiger partial charge in [0.2, 0.25) is 11.8 Å². The molecule has 1 atom stereocenters. The quantitative estimate of drug-likeness (QED) is 0.761. The summed E-state index contributed by atoms with van der Waals surface area (Å²) in [5.74, 6) is 2.74. The van der Waals surface area contributed by atoms with Crippen molar-refractivity contribution in [2.24, 2.45) is 0 Å². The highest BCUT2D eigenvalue weighted by Gasteiger charge is 2.31. The van der Waals surface area contributed by atoms with Crippen LogP contribution in [0.5, 0.6) is 0 Å². The smallest absolute Gasteiger partial charge is 0.240 e. The molecule has 1 saturated heterocycles. The summed E-state index contributed by atoms with van der Waals surface area (Å²) in [6, 6.07) is 0.165. The predicted octanol–water partition coefficient (Wildman–Crippen LogP) is 1.54. The molecule has 120 valence electrons. The van der Waals surface area contributed by atoms with Crippen molar-refractivity contribution >= 4 is 0 Å². The van der Waals surface area contributed by atoms with Crippen molar-refractivity contribution in [1.82, 2.24) is 25.2 Å². The van der Waals surface area contributed by atoms with Gasteiger partial charge in [-0.25, -0.2) is 0 Å². The second-order valence-corrected chi connectivity index (χ2v) is 5.38. The molecule has 0 bridgehead atoms. The Bertz CT molecular complexity index is 597. The standard InChI is InChI=1S/C14H21N5O3/c1-3-12-16-14(18-21-12)10-5-4-7-19(10)9-13-15-11(17-22-13)6-8-20-2/h10H,3-9H2,1-2H3/t10-/m0/s1. The monoisotopic (exact) mass is 307 g/mol. The van der Waals surface area contributed by atoms with E-state index in [0.29, 0.717) is 37.2 Å². The number of ether oxygens (including phenoxy) is 1. The van der Waals surface area contributed by atoms with Crippen molar-refractivity contribution < 1.29 is 13.8 Å². The van der Waals surface area contributed by atoms with Gasteiger partial charge < -0.3 is 13.8 Å². The van der Waals surface area contributed by atoms with Gasteiger partial charge in [-0.2, -0.15) is 9.97 Å². The van der Waals surface area contributed by atoms with Crippen LogP contribution in [0.25, 0.3) is 0 Å². The minimum absolute atomic E-state index is 0.165. The van der Waals surface area contributed by atoms with Gasteiger partial charge >= 0.3 is 0 Å². The Balaban J connectivity index is 1.64. The van der Waals surface area contributed by atoms with Crippen LogP contribution in [-0.2, 0) is 24.1 Å². The van der Waals surface area contributed by atoms with Crippen molar-refractivity contribution in [2.45, 2.75) is 45.2 Å². The number of hydrogen-bond donors (Lipinski definition) is 0. The highest BCUT2D eigenvalue weighted by Crippen LogP contribution is 2.31. The lowest BCUT2D eigenvalue weighted by atomic mass is 10.2. The molecule has 3 heterocycles. The molecule has 0 spiro atoms. The van der Waals surface area contributed by atoms with Crippen molar-refractivity contribution in [3.8, 4) is 0 Å². The maximum Gasteiger partial charge on any atom is 0.240 e. The molecular formula is C14H21N5O3. The van der Waals surface area contributed by atoms with E-state index >= 15 is 0 Å². The summed E-state index contributed by atoms with van der Waals surface area (Å²) in [4.78, 5) is 11.1. The van der Waals surface area contributed by atoms with Gasteiger partial charge in [0.25, 0.3) is 0 Å². The zero-order chi connectivity index (χ0) is 15.4. The minimum atomic E-state index is 0.165. The van der Waals surface area contributed by atoms with E-state index in [0.717, 1.165) is 31.6 Å². The molecule has 2 aromatic heterocycles. The second kappa shape index (κ2) is 6.97. The Kier molecular flexibility index (Phi) is 4.79. The molecule has 0 radical (unpaired) electrons. The number of methoxy groups -OCH3 is 1. The Hall–Kier alpha value is -1.80. The van der Waals surface area contributed by atoms with E-state index in [1.54, 1.807) is 7.11 Å². The minimum Gasteiger partial charge on any atom is -0.384 e. The highest BCUT2D eigenvalue weighted by molar-refractivity contribution is 4.99. The fraction of sp³-hybridized carbons (Fsp3) is 0.714. The molecule has 1 aliphatic heterocycles. The summed E-state index contributed by atoms with van der Waals surface area (Å²) in [7, 11) is 1.66. The van der Waals surface area contributed by atoms with Crippen LogP contribution in [0.3, 0.4) is 0 Å². The van der Waals surface area contributed by atoms with Crippen LogP contribution in [0.15, 0.2) is 9.05 Å². The molecule has 3 rings (SSSR count). The third kappa shape index (κ3) is 3.33. The molecule has 2 aromatic rings. The van der Waals surface area contributed by atoms with Crippen LogP contribution in [0.4, 0.5) is 0 Å². The van der Waals surface area contributed by atoms with Gasteiger partial charge in [0.05, 0.1) is 19.2 Å². The topological polar surface area (TPSA) is 90.3 Å². The van der Waals surface area contributed by atoms with Crippen molar-refractivity contribution in [3.63, 3.8) is 0 Å². The van der Waals surface area contributed by atoms with Crippen molar-refractivity contribution in [3.05, 3.63) is 23.4 Å². The first-order valence-corrected chi connectivity index (χ1v) is 7.67. The van der Waals surface area contributed by atoms with E-state index in [1.165, 1.54) is 0 Å². The zero-order valence-electron chi connectivity index (χ0n) is 13.0. The summed E-state index contributed by atoms with van der Waals surface area (Å²) in [6.45, 7) is 4.18. The normalized spacial score (nSPS) is 19.1. The Morgan fingerprint density at radius 2 is 2.09 bits per heavy atom. The molecule has 0 unspecified atom stereocenters. The van der Waals surface area contributed by atoms with Gasteiger partial charge in [0.1, 0.15) is 0 Å². The second-order valence-electron chi connectivity index (χ2n) is 5.38. The SMILES string of the molecule is CCc1nc([C@@H]2CCCN2Cc2nc(CCOC)no2)no1. The van der Waals surface area contributed by atoms with E-state index in [2.05, 4.69) is 25.2 Å². The van der Waals surface area contributed by atoms with Crippen LogP contribution in [0.1, 0.15) is 49.2 Å². The first-order chi connectivity index (χ1) is 10.8. The number of hydrogen-bond acceptors (Lipinski definition) is 8. The molecule has 8 nitrogen and oxygen atoms in total.